The molecular formula is C14H19FN2O3S. The molecule has 1 saturated carbocycles. The molecule has 1 aliphatic rings. The minimum absolute atomic E-state index is 0.272. The molecule has 0 aromatic heterocycles. The van der Waals surface area contributed by atoms with Gasteiger partial charge in [-0.15, -0.1) is 0 Å². The number of carbonyl (C=O) groups is 1. The second kappa shape index (κ2) is 6.53. The molecule has 0 radical (unpaired) electrons. The summed E-state index contributed by atoms with van der Waals surface area (Å²) < 4.78 is 36.2. The second-order valence-electron chi connectivity index (χ2n) is 5.40. The van der Waals surface area contributed by atoms with Gasteiger partial charge in [0.05, 0.1) is 10.5 Å². The van der Waals surface area contributed by atoms with Crippen molar-refractivity contribution in [3.8, 4) is 0 Å². The quantitative estimate of drug-likeness (QED) is 0.888. The number of amides is 1. The van der Waals surface area contributed by atoms with E-state index < -0.39 is 21.7 Å². The number of halogens is 1. The zero-order valence-electron chi connectivity index (χ0n) is 11.6. The van der Waals surface area contributed by atoms with Crippen LogP contribution in [0.1, 0.15) is 42.5 Å². The summed E-state index contributed by atoms with van der Waals surface area (Å²) in [5, 5.41) is 7.66. The summed E-state index contributed by atoms with van der Waals surface area (Å²) in [6, 6.07) is 2.96. The van der Waals surface area contributed by atoms with Crippen LogP contribution in [0.4, 0.5) is 4.39 Å². The van der Waals surface area contributed by atoms with Crippen molar-refractivity contribution < 1.29 is 17.6 Å². The van der Waals surface area contributed by atoms with Crippen LogP contribution in [0.2, 0.25) is 0 Å². The van der Waals surface area contributed by atoms with E-state index in [-0.39, 0.29) is 10.5 Å². The van der Waals surface area contributed by atoms with E-state index in [0.717, 1.165) is 43.9 Å². The molecule has 5 nitrogen and oxygen atoms in total. The van der Waals surface area contributed by atoms with E-state index in [4.69, 9.17) is 5.14 Å². The van der Waals surface area contributed by atoms with Gasteiger partial charge >= 0.3 is 0 Å². The first-order chi connectivity index (χ1) is 9.88. The molecule has 3 N–H and O–H groups in total. The zero-order valence-corrected chi connectivity index (χ0v) is 12.5. The number of hydrogen-bond acceptors (Lipinski definition) is 3. The first kappa shape index (κ1) is 15.9. The maximum atomic E-state index is 13.7. The summed E-state index contributed by atoms with van der Waals surface area (Å²) in [4.78, 5) is 11.7. The molecule has 0 spiro atoms. The lowest BCUT2D eigenvalue weighted by Gasteiger charge is -2.21. The highest BCUT2D eigenvalue weighted by atomic mass is 32.2. The molecule has 21 heavy (non-hydrogen) atoms. The SMILES string of the molecule is NS(=O)(=O)c1ccc(F)c(C(=O)NCC2CCCCC2)c1. The van der Waals surface area contributed by atoms with Crippen LogP contribution in [0.3, 0.4) is 0 Å². The molecule has 1 amide bonds. The van der Waals surface area contributed by atoms with E-state index in [1.54, 1.807) is 0 Å². The predicted octanol–water partition coefficient (Wildman–Crippen LogP) is 1.78. The number of primary sulfonamides is 1. The Morgan fingerprint density at radius 2 is 1.95 bits per heavy atom. The fourth-order valence-electron chi connectivity index (χ4n) is 2.58. The van der Waals surface area contributed by atoms with Gasteiger partial charge in [-0.2, -0.15) is 0 Å². The van der Waals surface area contributed by atoms with Crippen LogP contribution < -0.4 is 10.5 Å². The van der Waals surface area contributed by atoms with Gasteiger partial charge in [-0.1, -0.05) is 19.3 Å². The zero-order chi connectivity index (χ0) is 15.5. The van der Waals surface area contributed by atoms with Crippen LogP contribution in [-0.4, -0.2) is 20.9 Å². The summed E-state index contributed by atoms with van der Waals surface area (Å²) in [6.45, 7) is 0.484. The maximum absolute atomic E-state index is 13.7. The molecular weight excluding hydrogens is 295 g/mol. The van der Waals surface area contributed by atoms with E-state index in [9.17, 15) is 17.6 Å². The van der Waals surface area contributed by atoms with Gasteiger partial charge < -0.3 is 5.32 Å². The lowest BCUT2D eigenvalue weighted by molar-refractivity contribution is 0.0939. The Morgan fingerprint density at radius 1 is 1.29 bits per heavy atom. The summed E-state index contributed by atoms with van der Waals surface area (Å²) in [7, 11) is -3.96. The van der Waals surface area contributed by atoms with Crippen LogP contribution in [0.25, 0.3) is 0 Å². The third-order valence-electron chi connectivity index (χ3n) is 3.79. The molecule has 1 aromatic rings. The second-order valence-corrected chi connectivity index (χ2v) is 6.96. The highest BCUT2D eigenvalue weighted by Gasteiger charge is 2.19. The van der Waals surface area contributed by atoms with Gasteiger partial charge in [0, 0.05) is 6.54 Å². The monoisotopic (exact) mass is 314 g/mol. The molecule has 2 rings (SSSR count). The number of hydrogen-bond donors (Lipinski definition) is 2. The van der Waals surface area contributed by atoms with Gasteiger partial charge in [0.15, 0.2) is 0 Å². The summed E-state index contributed by atoms with van der Waals surface area (Å²) in [5.41, 5.74) is -0.294. The van der Waals surface area contributed by atoms with Crippen molar-refractivity contribution in [1.29, 1.82) is 0 Å². The third kappa shape index (κ3) is 4.25. The highest BCUT2D eigenvalue weighted by molar-refractivity contribution is 7.89. The number of carbonyl (C=O) groups excluding carboxylic acids is 1. The van der Waals surface area contributed by atoms with E-state index in [1.165, 1.54) is 6.42 Å². The minimum Gasteiger partial charge on any atom is -0.352 e. The number of nitrogens with one attached hydrogen (secondary N) is 1. The maximum Gasteiger partial charge on any atom is 0.254 e. The molecule has 0 unspecified atom stereocenters. The molecule has 1 aromatic carbocycles. The topological polar surface area (TPSA) is 89.3 Å². The molecule has 0 saturated heterocycles. The minimum atomic E-state index is -3.96. The van der Waals surface area contributed by atoms with Crippen LogP contribution in [0, 0.1) is 11.7 Å². The number of sulfonamides is 1. The fraction of sp³-hybridized carbons (Fsp3) is 0.500. The Bertz CT molecular complexity index is 625. The van der Waals surface area contributed by atoms with Gasteiger partial charge in [-0.05, 0) is 37.0 Å². The normalized spacial score (nSPS) is 16.7. The Hall–Kier alpha value is -1.47. The predicted molar refractivity (Wildman–Crippen MR) is 76.7 cm³/mol. The summed E-state index contributed by atoms with van der Waals surface area (Å²) >= 11 is 0. The lowest BCUT2D eigenvalue weighted by Crippen LogP contribution is -2.31. The number of rotatable bonds is 4. The number of benzene rings is 1. The van der Waals surface area contributed by atoms with E-state index in [0.29, 0.717) is 12.5 Å². The standard InChI is InChI=1S/C14H19FN2O3S/c15-13-7-6-11(21(16,19)20)8-12(13)14(18)17-9-10-4-2-1-3-5-10/h6-8,10H,1-5,9H2,(H,17,18)(H2,16,19,20). The van der Waals surface area contributed by atoms with Crippen molar-refractivity contribution in [2.45, 2.75) is 37.0 Å². The van der Waals surface area contributed by atoms with Crippen molar-refractivity contribution in [2.24, 2.45) is 11.1 Å². The average molecular weight is 314 g/mol. The largest absolute Gasteiger partial charge is 0.352 e. The van der Waals surface area contributed by atoms with E-state index >= 15 is 0 Å². The van der Waals surface area contributed by atoms with Gasteiger partial charge in [0.1, 0.15) is 5.82 Å². The smallest absolute Gasteiger partial charge is 0.254 e. The van der Waals surface area contributed by atoms with Crippen LogP contribution >= 0.6 is 0 Å². The van der Waals surface area contributed by atoms with Crippen LogP contribution in [0.5, 0.6) is 0 Å². The van der Waals surface area contributed by atoms with Gasteiger partial charge in [-0.25, -0.2) is 17.9 Å². The van der Waals surface area contributed by atoms with Crippen LogP contribution in [0.15, 0.2) is 23.1 Å². The van der Waals surface area contributed by atoms with Crippen LogP contribution in [-0.2, 0) is 10.0 Å². The van der Waals surface area contributed by atoms with Crippen molar-refractivity contribution in [1.82, 2.24) is 5.32 Å². The lowest BCUT2D eigenvalue weighted by atomic mass is 9.89. The van der Waals surface area contributed by atoms with E-state index in [2.05, 4.69) is 5.32 Å². The van der Waals surface area contributed by atoms with E-state index in [1.807, 2.05) is 0 Å². The Balaban J connectivity index is 2.07. The van der Waals surface area contributed by atoms with Gasteiger partial charge in [0.2, 0.25) is 10.0 Å². The molecule has 1 fully saturated rings. The first-order valence-corrected chi connectivity index (χ1v) is 8.53. The Kier molecular flexibility index (Phi) is 4.95. The Labute approximate surface area is 123 Å². The van der Waals surface area contributed by atoms with Gasteiger partial charge in [-0.3, -0.25) is 4.79 Å². The average Bonchev–Trinajstić information content (AvgIpc) is 2.45. The highest BCUT2D eigenvalue weighted by Crippen LogP contribution is 2.23. The molecule has 0 heterocycles. The summed E-state index contributed by atoms with van der Waals surface area (Å²) in [5.74, 6) is -0.959. The Morgan fingerprint density at radius 3 is 2.57 bits per heavy atom. The molecule has 1 aliphatic carbocycles. The summed E-state index contributed by atoms with van der Waals surface area (Å²) in [6.07, 6.45) is 5.63. The third-order valence-corrected chi connectivity index (χ3v) is 4.70. The number of nitrogens with two attached hydrogens (primary N) is 1. The molecule has 0 bridgehead atoms. The fourth-order valence-corrected chi connectivity index (χ4v) is 3.12. The van der Waals surface area contributed by atoms with Crippen molar-refractivity contribution in [2.75, 3.05) is 6.54 Å². The first-order valence-electron chi connectivity index (χ1n) is 6.98. The molecule has 0 atom stereocenters. The molecule has 0 aliphatic heterocycles. The molecule has 116 valence electrons. The van der Waals surface area contributed by atoms with Gasteiger partial charge in [0.25, 0.3) is 5.91 Å². The van der Waals surface area contributed by atoms with Crippen molar-refractivity contribution >= 4 is 15.9 Å². The van der Waals surface area contributed by atoms with Crippen molar-refractivity contribution in [3.05, 3.63) is 29.6 Å². The molecule has 7 heteroatoms. The van der Waals surface area contributed by atoms with Crippen molar-refractivity contribution in [3.63, 3.8) is 0 Å².